The van der Waals surface area contributed by atoms with Crippen LogP contribution in [0.1, 0.15) is 35.3 Å². The van der Waals surface area contributed by atoms with Crippen LogP contribution in [0.4, 0.5) is 13.2 Å². The third kappa shape index (κ3) is 4.58. The number of pyridine rings is 1. The van der Waals surface area contributed by atoms with E-state index in [4.69, 9.17) is 11.6 Å². The van der Waals surface area contributed by atoms with Gasteiger partial charge in [0.1, 0.15) is 5.69 Å². The van der Waals surface area contributed by atoms with Crippen molar-refractivity contribution >= 4 is 17.2 Å². The van der Waals surface area contributed by atoms with Gasteiger partial charge in [0.2, 0.25) is 0 Å². The van der Waals surface area contributed by atoms with E-state index < -0.39 is 11.9 Å². The first-order valence-corrected chi connectivity index (χ1v) is 12.3. The van der Waals surface area contributed by atoms with Gasteiger partial charge in [-0.1, -0.05) is 66.6 Å². The van der Waals surface area contributed by atoms with Crippen LogP contribution < -0.4 is 5.56 Å². The fraction of sp³-hybridized carbons (Fsp3) is 0.214. The van der Waals surface area contributed by atoms with Crippen molar-refractivity contribution in [2.75, 3.05) is 0 Å². The Labute approximate surface area is 221 Å². The maximum Gasteiger partial charge on any atom is 0.433 e. The number of rotatable bonds is 5. The van der Waals surface area contributed by atoms with Gasteiger partial charge < -0.3 is 0 Å². The fourth-order valence-corrected chi connectivity index (χ4v) is 4.60. The Morgan fingerprint density at radius 3 is 2.11 bits per heavy atom. The first-order chi connectivity index (χ1) is 18.1. The monoisotopic (exact) mass is 537 g/mol. The highest BCUT2D eigenvalue weighted by molar-refractivity contribution is 6.30. The summed E-state index contributed by atoms with van der Waals surface area (Å²) < 4.78 is 42.7. The molecule has 0 unspecified atom stereocenters. The van der Waals surface area contributed by atoms with Gasteiger partial charge in [-0.25, -0.2) is 14.2 Å². The molecule has 0 aliphatic rings. The fourth-order valence-electron chi connectivity index (χ4n) is 4.48. The highest BCUT2D eigenvalue weighted by Crippen LogP contribution is 2.34. The van der Waals surface area contributed by atoms with Crippen LogP contribution in [-0.2, 0) is 19.1 Å². The van der Waals surface area contributed by atoms with E-state index in [1.165, 1.54) is 17.7 Å². The SMILES string of the molecule is CCc1nnc2c(-c3ccc(C)cc3)c(-c3ccc(Cl)cc3)c(=O)n(Cc3ccc(C(F)(F)F)nc3C)n12. The molecule has 0 saturated carbocycles. The summed E-state index contributed by atoms with van der Waals surface area (Å²) in [7, 11) is 0. The average Bonchev–Trinajstić information content (AvgIpc) is 3.31. The molecule has 0 aliphatic carbocycles. The van der Waals surface area contributed by atoms with E-state index >= 15 is 0 Å². The van der Waals surface area contributed by atoms with Crippen LogP contribution >= 0.6 is 11.6 Å². The normalized spacial score (nSPS) is 11.9. The van der Waals surface area contributed by atoms with Gasteiger partial charge in [0, 0.05) is 22.7 Å². The van der Waals surface area contributed by atoms with Crippen molar-refractivity contribution in [2.45, 2.75) is 39.9 Å². The molecule has 5 aromatic rings. The number of halogens is 4. The zero-order valence-corrected chi connectivity index (χ0v) is 21.6. The van der Waals surface area contributed by atoms with Crippen LogP contribution in [0, 0.1) is 13.8 Å². The zero-order valence-electron chi connectivity index (χ0n) is 20.8. The van der Waals surface area contributed by atoms with Crippen molar-refractivity contribution in [3.63, 3.8) is 0 Å². The highest BCUT2D eigenvalue weighted by Gasteiger charge is 2.33. The van der Waals surface area contributed by atoms with Gasteiger partial charge in [0.05, 0.1) is 12.1 Å². The number of benzene rings is 2. The van der Waals surface area contributed by atoms with Crippen LogP contribution in [0.2, 0.25) is 5.02 Å². The second kappa shape index (κ2) is 9.72. The Morgan fingerprint density at radius 2 is 1.50 bits per heavy atom. The zero-order chi connectivity index (χ0) is 27.2. The summed E-state index contributed by atoms with van der Waals surface area (Å²) in [6.45, 7) is 5.35. The van der Waals surface area contributed by atoms with E-state index in [2.05, 4.69) is 15.2 Å². The molecular weight excluding hydrogens is 515 g/mol. The molecular formula is C28H23ClF3N5O. The number of hydrogen-bond acceptors (Lipinski definition) is 4. The van der Waals surface area contributed by atoms with E-state index in [-0.39, 0.29) is 17.8 Å². The molecule has 194 valence electrons. The summed E-state index contributed by atoms with van der Waals surface area (Å²) in [6, 6.07) is 17.0. The Hall–Kier alpha value is -3.98. The van der Waals surface area contributed by atoms with E-state index in [9.17, 15) is 18.0 Å². The van der Waals surface area contributed by atoms with Crippen LogP contribution in [0.5, 0.6) is 0 Å². The standard InChI is InChI=1S/C28H23ClF3N5O/c1-4-23-34-35-26-24(18-7-5-16(2)6-8-18)25(19-9-12-21(29)13-10-19)27(38)36(37(23)26)15-20-11-14-22(28(30,31)32)33-17(20)3/h5-14H,4,15H2,1-3H3. The minimum Gasteiger partial charge on any atom is -0.267 e. The van der Waals surface area contributed by atoms with Gasteiger partial charge in [-0.15, -0.1) is 10.2 Å². The third-order valence-electron chi connectivity index (χ3n) is 6.46. The number of fused-ring (bicyclic) bond motifs is 1. The lowest BCUT2D eigenvalue weighted by atomic mass is 9.96. The molecule has 38 heavy (non-hydrogen) atoms. The Kier molecular flexibility index (Phi) is 6.56. The summed E-state index contributed by atoms with van der Waals surface area (Å²) in [5, 5.41) is 9.34. The predicted octanol–water partition coefficient (Wildman–Crippen LogP) is 6.52. The largest absolute Gasteiger partial charge is 0.433 e. The van der Waals surface area contributed by atoms with E-state index in [0.717, 1.165) is 17.2 Å². The van der Waals surface area contributed by atoms with Crippen LogP contribution in [0.25, 0.3) is 27.9 Å². The van der Waals surface area contributed by atoms with Crippen molar-refractivity contribution in [3.8, 4) is 22.3 Å². The van der Waals surface area contributed by atoms with Crippen molar-refractivity contribution in [1.82, 2.24) is 24.4 Å². The lowest BCUT2D eigenvalue weighted by Crippen LogP contribution is -2.30. The molecule has 10 heteroatoms. The summed E-state index contributed by atoms with van der Waals surface area (Å²) in [4.78, 5) is 18.0. The highest BCUT2D eigenvalue weighted by atomic mass is 35.5. The summed E-state index contributed by atoms with van der Waals surface area (Å²) in [6.07, 6.45) is -4.08. The van der Waals surface area contributed by atoms with Crippen LogP contribution in [0.3, 0.4) is 0 Å². The van der Waals surface area contributed by atoms with Crippen molar-refractivity contribution in [3.05, 3.63) is 104 Å². The summed E-state index contributed by atoms with van der Waals surface area (Å²) in [5.74, 6) is 0.547. The molecule has 0 bridgehead atoms. The molecule has 0 spiro atoms. The Balaban J connectivity index is 1.83. The summed E-state index contributed by atoms with van der Waals surface area (Å²) in [5.41, 5.74) is 3.29. The average molecular weight is 538 g/mol. The number of nitrogens with zero attached hydrogens (tertiary/aromatic N) is 5. The molecule has 2 aromatic carbocycles. The smallest absolute Gasteiger partial charge is 0.267 e. The summed E-state index contributed by atoms with van der Waals surface area (Å²) >= 11 is 6.13. The van der Waals surface area contributed by atoms with Gasteiger partial charge in [-0.2, -0.15) is 13.2 Å². The second-order valence-electron chi connectivity index (χ2n) is 9.03. The maximum absolute atomic E-state index is 14.3. The minimum atomic E-state index is -4.56. The quantitative estimate of drug-likeness (QED) is 0.256. The molecule has 0 fully saturated rings. The van der Waals surface area contributed by atoms with Crippen LogP contribution in [-0.4, -0.2) is 24.4 Å². The molecule has 3 heterocycles. The second-order valence-corrected chi connectivity index (χ2v) is 9.47. The van der Waals surface area contributed by atoms with Gasteiger partial charge in [-0.3, -0.25) is 4.79 Å². The first-order valence-electron chi connectivity index (χ1n) is 12.0. The molecule has 0 N–H and O–H groups in total. The van der Waals surface area contributed by atoms with Gasteiger partial charge in [0.25, 0.3) is 5.56 Å². The lowest BCUT2D eigenvalue weighted by Gasteiger charge is -2.18. The Morgan fingerprint density at radius 1 is 0.868 bits per heavy atom. The first kappa shape index (κ1) is 25.7. The number of aromatic nitrogens is 5. The molecule has 5 rings (SSSR count). The van der Waals surface area contributed by atoms with Gasteiger partial charge in [0.15, 0.2) is 11.5 Å². The number of aryl methyl sites for hydroxylation is 3. The van der Waals surface area contributed by atoms with Gasteiger partial charge >= 0.3 is 6.18 Å². The number of alkyl halides is 3. The van der Waals surface area contributed by atoms with E-state index in [1.807, 2.05) is 38.1 Å². The topological polar surface area (TPSA) is 65.1 Å². The molecule has 0 radical (unpaired) electrons. The molecule has 6 nitrogen and oxygen atoms in total. The van der Waals surface area contributed by atoms with E-state index in [0.29, 0.717) is 45.2 Å². The molecule has 0 saturated heterocycles. The van der Waals surface area contributed by atoms with Gasteiger partial charge in [-0.05, 0) is 48.7 Å². The molecule has 3 aromatic heterocycles. The van der Waals surface area contributed by atoms with Crippen molar-refractivity contribution < 1.29 is 13.2 Å². The van der Waals surface area contributed by atoms with Crippen molar-refractivity contribution in [2.24, 2.45) is 0 Å². The molecule has 0 atom stereocenters. The predicted molar refractivity (Wildman–Crippen MR) is 140 cm³/mol. The maximum atomic E-state index is 14.3. The minimum absolute atomic E-state index is 0.0217. The third-order valence-corrected chi connectivity index (χ3v) is 6.72. The molecule has 0 aliphatic heterocycles. The van der Waals surface area contributed by atoms with Crippen LogP contribution in [0.15, 0.2) is 65.5 Å². The molecule has 0 amide bonds. The number of hydrogen-bond donors (Lipinski definition) is 0. The van der Waals surface area contributed by atoms with Crippen molar-refractivity contribution in [1.29, 1.82) is 0 Å². The van der Waals surface area contributed by atoms with E-state index in [1.54, 1.807) is 28.8 Å². The Bertz CT molecular complexity index is 1710. The lowest BCUT2D eigenvalue weighted by molar-refractivity contribution is -0.141.